The van der Waals surface area contributed by atoms with E-state index in [-0.39, 0.29) is 0 Å². The molecule has 0 bridgehead atoms. The molecule has 0 aliphatic rings. The van der Waals surface area contributed by atoms with Gasteiger partial charge in [0.05, 0.1) is 0 Å². The van der Waals surface area contributed by atoms with Crippen LogP contribution < -0.4 is 0 Å². The van der Waals surface area contributed by atoms with Gasteiger partial charge in [-0.1, -0.05) is 13.3 Å². The highest BCUT2D eigenvalue weighted by Crippen LogP contribution is 1.96. The number of rotatable bonds is 3. The van der Waals surface area contributed by atoms with Crippen molar-refractivity contribution >= 4 is 0 Å². The molecule has 0 aliphatic heterocycles. The van der Waals surface area contributed by atoms with E-state index in [0.717, 1.165) is 19.4 Å². The largest absolute Gasteiger partial charge is 0.271 e. The van der Waals surface area contributed by atoms with E-state index < -0.39 is 0 Å². The molecule has 0 unspecified atom stereocenters. The minimum atomic E-state index is 0.501. The monoisotopic (exact) mass is 149 g/mol. The highest BCUT2D eigenvalue weighted by atomic mass is 15.3. The van der Waals surface area contributed by atoms with Gasteiger partial charge < -0.3 is 0 Å². The van der Waals surface area contributed by atoms with Crippen LogP contribution in [0.2, 0.25) is 0 Å². The Bertz CT molecular complexity index is 257. The van der Waals surface area contributed by atoms with Crippen molar-refractivity contribution in [3.8, 4) is 6.07 Å². The number of nitriles is 1. The van der Waals surface area contributed by atoms with Gasteiger partial charge in [-0.25, -0.2) is 0 Å². The molecule has 3 nitrogen and oxygen atoms in total. The first kappa shape index (κ1) is 7.80. The first-order valence-electron chi connectivity index (χ1n) is 3.80. The average molecular weight is 149 g/mol. The maximum Gasteiger partial charge on any atom is 0.162 e. The van der Waals surface area contributed by atoms with E-state index >= 15 is 0 Å². The summed E-state index contributed by atoms with van der Waals surface area (Å²) in [5.74, 6) is 0. The molecule has 0 saturated heterocycles. The fourth-order valence-corrected chi connectivity index (χ4v) is 0.866. The number of hydrogen-bond acceptors (Lipinski definition) is 2. The molecular formula is C8H11N3. The third kappa shape index (κ3) is 2.08. The predicted molar refractivity (Wildman–Crippen MR) is 41.9 cm³/mol. The highest BCUT2D eigenvalue weighted by molar-refractivity contribution is 5.16. The first-order valence-corrected chi connectivity index (χ1v) is 3.80. The van der Waals surface area contributed by atoms with Crippen LogP contribution in [0.1, 0.15) is 25.5 Å². The van der Waals surface area contributed by atoms with Crippen LogP contribution in [-0.2, 0) is 6.54 Å². The molecule has 0 atom stereocenters. The SMILES string of the molecule is CCCCn1ccc(C#N)n1. The summed E-state index contributed by atoms with van der Waals surface area (Å²) in [5.41, 5.74) is 0.501. The van der Waals surface area contributed by atoms with Crippen molar-refractivity contribution in [1.29, 1.82) is 5.26 Å². The minimum absolute atomic E-state index is 0.501. The number of nitrogens with zero attached hydrogens (tertiary/aromatic N) is 3. The molecule has 1 heterocycles. The summed E-state index contributed by atoms with van der Waals surface area (Å²) >= 11 is 0. The molecule has 1 rings (SSSR count). The maximum absolute atomic E-state index is 8.45. The topological polar surface area (TPSA) is 41.6 Å². The van der Waals surface area contributed by atoms with Crippen LogP contribution in [0.5, 0.6) is 0 Å². The molecule has 3 heteroatoms. The molecule has 1 aromatic rings. The zero-order chi connectivity index (χ0) is 8.10. The van der Waals surface area contributed by atoms with E-state index in [2.05, 4.69) is 12.0 Å². The Morgan fingerprint density at radius 1 is 1.73 bits per heavy atom. The quantitative estimate of drug-likeness (QED) is 0.654. The van der Waals surface area contributed by atoms with E-state index in [1.165, 1.54) is 0 Å². The van der Waals surface area contributed by atoms with Gasteiger partial charge in [0.1, 0.15) is 6.07 Å². The van der Waals surface area contributed by atoms with Gasteiger partial charge in [0.15, 0.2) is 5.69 Å². The maximum atomic E-state index is 8.45. The molecule has 0 N–H and O–H groups in total. The van der Waals surface area contributed by atoms with E-state index in [4.69, 9.17) is 5.26 Å². The Hall–Kier alpha value is -1.30. The van der Waals surface area contributed by atoms with Crippen LogP contribution in [0.25, 0.3) is 0 Å². The second-order valence-electron chi connectivity index (χ2n) is 2.43. The van der Waals surface area contributed by atoms with E-state index in [0.29, 0.717) is 5.69 Å². The van der Waals surface area contributed by atoms with Crippen LogP contribution in [0.15, 0.2) is 12.3 Å². The summed E-state index contributed by atoms with van der Waals surface area (Å²) in [5, 5.41) is 12.5. The molecule has 0 spiro atoms. The normalized spacial score (nSPS) is 9.45. The highest BCUT2D eigenvalue weighted by Gasteiger charge is 1.94. The lowest BCUT2D eigenvalue weighted by atomic mass is 10.3. The van der Waals surface area contributed by atoms with Gasteiger partial charge in [0.25, 0.3) is 0 Å². The lowest BCUT2D eigenvalue weighted by Gasteiger charge is -1.96. The Labute approximate surface area is 66.3 Å². The Morgan fingerprint density at radius 3 is 3.09 bits per heavy atom. The van der Waals surface area contributed by atoms with Gasteiger partial charge in [0.2, 0.25) is 0 Å². The fourth-order valence-electron chi connectivity index (χ4n) is 0.866. The first-order chi connectivity index (χ1) is 5.36. The standard InChI is InChI=1S/C8H11N3/c1-2-3-5-11-6-4-8(7-9)10-11/h4,6H,2-3,5H2,1H3. The Morgan fingerprint density at radius 2 is 2.55 bits per heavy atom. The van der Waals surface area contributed by atoms with Crippen LogP contribution in [-0.4, -0.2) is 9.78 Å². The lowest BCUT2D eigenvalue weighted by Crippen LogP contribution is -1.97. The molecule has 0 radical (unpaired) electrons. The van der Waals surface area contributed by atoms with E-state index in [9.17, 15) is 0 Å². The minimum Gasteiger partial charge on any atom is -0.271 e. The molecule has 58 valence electrons. The zero-order valence-corrected chi connectivity index (χ0v) is 6.62. The van der Waals surface area contributed by atoms with Crippen molar-refractivity contribution in [2.45, 2.75) is 26.3 Å². The average Bonchev–Trinajstić information content (AvgIpc) is 2.48. The second kappa shape index (κ2) is 3.77. The zero-order valence-electron chi connectivity index (χ0n) is 6.62. The number of aromatic nitrogens is 2. The molecular weight excluding hydrogens is 138 g/mol. The van der Waals surface area contributed by atoms with Crippen LogP contribution in [0.3, 0.4) is 0 Å². The molecule has 1 aromatic heterocycles. The smallest absolute Gasteiger partial charge is 0.162 e. The van der Waals surface area contributed by atoms with Crippen molar-refractivity contribution in [1.82, 2.24) is 9.78 Å². The summed E-state index contributed by atoms with van der Waals surface area (Å²) in [6, 6.07) is 3.72. The van der Waals surface area contributed by atoms with E-state index in [1.807, 2.05) is 16.9 Å². The third-order valence-corrected chi connectivity index (χ3v) is 1.50. The predicted octanol–water partition coefficient (Wildman–Crippen LogP) is 1.55. The fraction of sp³-hybridized carbons (Fsp3) is 0.500. The van der Waals surface area contributed by atoms with Crippen LogP contribution in [0.4, 0.5) is 0 Å². The molecule has 0 aliphatic carbocycles. The number of aryl methyl sites for hydroxylation is 1. The summed E-state index contributed by atoms with van der Waals surface area (Å²) in [6.07, 6.45) is 4.11. The van der Waals surface area contributed by atoms with Crippen LogP contribution >= 0.6 is 0 Å². The lowest BCUT2D eigenvalue weighted by molar-refractivity contribution is 0.570. The molecule has 0 amide bonds. The summed E-state index contributed by atoms with van der Waals surface area (Å²) in [7, 11) is 0. The van der Waals surface area contributed by atoms with Crippen molar-refractivity contribution < 1.29 is 0 Å². The Kier molecular flexibility index (Phi) is 2.67. The van der Waals surface area contributed by atoms with Crippen molar-refractivity contribution in [2.75, 3.05) is 0 Å². The molecule has 0 fully saturated rings. The Balaban J connectivity index is 2.53. The van der Waals surface area contributed by atoms with Gasteiger partial charge >= 0.3 is 0 Å². The van der Waals surface area contributed by atoms with Crippen molar-refractivity contribution in [3.05, 3.63) is 18.0 Å². The van der Waals surface area contributed by atoms with Crippen molar-refractivity contribution in [3.63, 3.8) is 0 Å². The summed E-state index contributed by atoms with van der Waals surface area (Å²) in [4.78, 5) is 0. The van der Waals surface area contributed by atoms with Crippen molar-refractivity contribution in [2.24, 2.45) is 0 Å². The van der Waals surface area contributed by atoms with Gasteiger partial charge in [-0.15, -0.1) is 0 Å². The second-order valence-corrected chi connectivity index (χ2v) is 2.43. The number of unbranched alkanes of at least 4 members (excludes halogenated alkanes) is 1. The van der Waals surface area contributed by atoms with Crippen LogP contribution in [0, 0.1) is 11.3 Å². The van der Waals surface area contributed by atoms with Gasteiger partial charge in [-0.2, -0.15) is 10.4 Å². The summed E-state index contributed by atoms with van der Waals surface area (Å²) < 4.78 is 1.81. The molecule has 0 aromatic carbocycles. The van der Waals surface area contributed by atoms with Gasteiger partial charge in [-0.3, -0.25) is 4.68 Å². The third-order valence-electron chi connectivity index (χ3n) is 1.50. The van der Waals surface area contributed by atoms with E-state index in [1.54, 1.807) is 6.07 Å². The van der Waals surface area contributed by atoms with Gasteiger partial charge in [-0.05, 0) is 12.5 Å². The number of hydrogen-bond donors (Lipinski definition) is 0. The molecule has 0 saturated carbocycles. The summed E-state index contributed by atoms with van der Waals surface area (Å²) in [6.45, 7) is 3.05. The molecule has 11 heavy (non-hydrogen) atoms. The van der Waals surface area contributed by atoms with Gasteiger partial charge in [0, 0.05) is 12.7 Å².